The molecule has 0 aliphatic carbocycles. The lowest BCUT2D eigenvalue weighted by atomic mass is 10.0. The van der Waals surface area contributed by atoms with Crippen molar-refractivity contribution in [2.45, 2.75) is 0 Å². The smallest absolute Gasteiger partial charge is 0.345 e. The zero-order valence-corrected chi connectivity index (χ0v) is 16.9. The Kier molecular flexibility index (Phi) is 5.03. The van der Waals surface area contributed by atoms with Gasteiger partial charge in [0.1, 0.15) is 5.75 Å². The van der Waals surface area contributed by atoms with Crippen molar-refractivity contribution >= 4 is 29.2 Å². The highest BCUT2D eigenvalue weighted by atomic mass is 16.5. The number of anilines is 2. The van der Waals surface area contributed by atoms with E-state index in [9.17, 15) is 4.79 Å². The molecule has 0 spiro atoms. The van der Waals surface area contributed by atoms with Crippen LogP contribution in [0.5, 0.6) is 5.75 Å². The molecule has 1 heterocycles. The first-order valence-corrected chi connectivity index (χ1v) is 10.2. The van der Waals surface area contributed by atoms with Gasteiger partial charge in [0.05, 0.1) is 16.8 Å². The predicted octanol–water partition coefficient (Wildman–Crippen LogP) is 5.78. The number of carbonyl (C=O) groups excluding carboxylic acids is 1. The molecule has 4 aromatic rings. The highest BCUT2D eigenvalue weighted by molar-refractivity contribution is 6.03. The minimum Gasteiger partial charge on any atom is -0.423 e. The molecule has 0 fully saturated rings. The molecule has 0 saturated carbocycles. The number of nitrogens with zero attached hydrogens (tertiary/aromatic N) is 2. The summed E-state index contributed by atoms with van der Waals surface area (Å²) >= 11 is 0. The van der Waals surface area contributed by atoms with E-state index in [0.717, 1.165) is 22.6 Å². The van der Waals surface area contributed by atoms with Crippen molar-refractivity contribution in [2.24, 2.45) is 0 Å². The van der Waals surface area contributed by atoms with Gasteiger partial charge >= 0.3 is 5.97 Å². The third-order valence-corrected chi connectivity index (χ3v) is 5.26. The summed E-state index contributed by atoms with van der Waals surface area (Å²) in [5.74, 6) is 0.160. The maximum Gasteiger partial charge on any atom is 0.345 e. The van der Waals surface area contributed by atoms with E-state index >= 15 is 0 Å². The van der Waals surface area contributed by atoms with E-state index in [-0.39, 0.29) is 5.97 Å². The Balaban J connectivity index is 1.62. The van der Waals surface area contributed by atoms with E-state index in [1.54, 1.807) is 12.1 Å². The van der Waals surface area contributed by atoms with E-state index in [1.165, 1.54) is 0 Å². The molecule has 31 heavy (non-hydrogen) atoms. The molecule has 0 amide bonds. The summed E-state index contributed by atoms with van der Waals surface area (Å²) in [4.78, 5) is 15.3. The first kappa shape index (κ1) is 18.8. The van der Waals surface area contributed by atoms with Crippen molar-refractivity contribution < 1.29 is 14.1 Å². The van der Waals surface area contributed by atoms with Gasteiger partial charge in [-0.25, -0.2) is 4.79 Å². The van der Waals surface area contributed by atoms with Gasteiger partial charge in [-0.05, 0) is 36.4 Å². The zero-order valence-electron chi connectivity index (χ0n) is 16.9. The van der Waals surface area contributed by atoms with Gasteiger partial charge in [-0.1, -0.05) is 60.7 Å². The van der Waals surface area contributed by atoms with Crippen molar-refractivity contribution in [2.75, 3.05) is 11.6 Å². The van der Waals surface area contributed by atoms with Crippen molar-refractivity contribution in [3.63, 3.8) is 0 Å². The van der Waals surface area contributed by atoms with Crippen molar-refractivity contribution in [3.8, 4) is 5.75 Å². The molecular weight excluding hydrogens is 384 g/mol. The number of esters is 1. The molecular formula is C27H21N2O2+. The van der Waals surface area contributed by atoms with E-state index in [4.69, 9.17) is 4.74 Å². The van der Waals surface area contributed by atoms with Crippen LogP contribution >= 0.6 is 0 Å². The molecule has 1 aliphatic rings. The Bertz CT molecular complexity index is 1240. The van der Waals surface area contributed by atoms with Crippen molar-refractivity contribution in [1.29, 1.82) is 0 Å². The van der Waals surface area contributed by atoms with Gasteiger partial charge in [-0.15, -0.1) is 0 Å². The number of para-hydroxylation sites is 4. The minimum absolute atomic E-state index is 0.370. The Morgan fingerprint density at radius 3 is 2.10 bits per heavy atom. The standard InChI is InChI=1S/C27H21N2O2/c30-27(31-24-16-8-3-9-17-24)25-18-10-11-21-19-28(22-12-4-1-5-13-22)20-29(26(21)25)23-14-6-2-7-15-23/h1-19H,20H2/q+1. The van der Waals surface area contributed by atoms with Crippen LogP contribution in [0.1, 0.15) is 15.9 Å². The fraction of sp³-hybridized carbons (Fsp3) is 0.0370. The summed E-state index contributed by atoms with van der Waals surface area (Å²) in [6, 6.07) is 35.2. The average Bonchev–Trinajstić information content (AvgIpc) is 2.84. The van der Waals surface area contributed by atoms with Crippen molar-refractivity contribution in [1.82, 2.24) is 0 Å². The number of ether oxygens (including phenoxy) is 1. The van der Waals surface area contributed by atoms with E-state index in [2.05, 4.69) is 40.0 Å². The third kappa shape index (κ3) is 3.83. The number of hydrogen-bond donors (Lipinski definition) is 0. The van der Waals surface area contributed by atoms with Crippen LogP contribution in [0.2, 0.25) is 0 Å². The normalized spacial score (nSPS) is 12.6. The minimum atomic E-state index is -0.370. The Morgan fingerprint density at radius 2 is 1.39 bits per heavy atom. The van der Waals surface area contributed by atoms with Gasteiger partial charge in [-0.3, -0.25) is 4.90 Å². The first-order chi connectivity index (χ1) is 15.3. The van der Waals surface area contributed by atoms with E-state index < -0.39 is 0 Å². The molecule has 0 aromatic heterocycles. The third-order valence-electron chi connectivity index (χ3n) is 5.26. The summed E-state index contributed by atoms with van der Waals surface area (Å²) in [5, 5.41) is 0. The molecule has 1 aliphatic heterocycles. The number of hydrogen-bond acceptors (Lipinski definition) is 3. The lowest BCUT2D eigenvalue weighted by Gasteiger charge is -2.29. The fourth-order valence-electron chi connectivity index (χ4n) is 3.81. The number of carbonyl (C=O) groups is 1. The lowest BCUT2D eigenvalue weighted by molar-refractivity contribution is -0.434. The van der Waals surface area contributed by atoms with Crippen LogP contribution in [0.4, 0.5) is 17.1 Å². The second-order valence-electron chi connectivity index (χ2n) is 7.29. The molecule has 0 saturated heterocycles. The first-order valence-electron chi connectivity index (χ1n) is 10.2. The Labute approximate surface area is 181 Å². The second kappa shape index (κ2) is 8.28. The number of benzene rings is 4. The molecule has 4 aromatic carbocycles. The van der Waals surface area contributed by atoms with E-state index in [1.807, 2.05) is 72.8 Å². The van der Waals surface area contributed by atoms with Gasteiger partial charge < -0.3 is 4.74 Å². The molecule has 0 N–H and O–H groups in total. The van der Waals surface area contributed by atoms with Gasteiger partial charge in [0.15, 0.2) is 6.21 Å². The highest BCUT2D eigenvalue weighted by Gasteiger charge is 2.30. The number of fused-ring (bicyclic) bond motifs is 1. The Morgan fingerprint density at radius 1 is 0.742 bits per heavy atom. The maximum absolute atomic E-state index is 13.1. The van der Waals surface area contributed by atoms with Crippen LogP contribution in [-0.2, 0) is 0 Å². The van der Waals surface area contributed by atoms with Gasteiger partial charge in [-0.2, -0.15) is 4.58 Å². The van der Waals surface area contributed by atoms with Gasteiger partial charge in [0, 0.05) is 17.8 Å². The van der Waals surface area contributed by atoms with Crippen molar-refractivity contribution in [3.05, 3.63) is 120 Å². The summed E-state index contributed by atoms with van der Waals surface area (Å²) in [6.45, 7) is 0.580. The molecule has 150 valence electrons. The van der Waals surface area contributed by atoms with Crippen LogP contribution in [0.15, 0.2) is 109 Å². The summed E-state index contributed by atoms with van der Waals surface area (Å²) < 4.78 is 7.85. The average molecular weight is 405 g/mol. The fourth-order valence-corrected chi connectivity index (χ4v) is 3.81. The van der Waals surface area contributed by atoms with Crippen LogP contribution in [0.25, 0.3) is 0 Å². The Hall–Kier alpha value is -4.18. The van der Waals surface area contributed by atoms with Gasteiger partial charge in [0.2, 0.25) is 12.4 Å². The van der Waals surface area contributed by atoms with Crippen LogP contribution in [0, 0.1) is 0 Å². The van der Waals surface area contributed by atoms with Crippen LogP contribution < -0.4 is 9.64 Å². The largest absolute Gasteiger partial charge is 0.423 e. The quantitative estimate of drug-likeness (QED) is 0.245. The topological polar surface area (TPSA) is 32.5 Å². The van der Waals surface area contributed by atoms with Crippen LogP contribution in [-0.4, -0.2) is 23.4 Å². The molecule has 5 rings (SSSR count). The molecule has 4 nitrogen and oxygen atoms in total. The van der Waals surface area contributed by atoms with Crippen LogP contribution in [0.3, 0.4) is 0 Å². The number of rotatable bonds is 4. The highest BCUT2D eigenvalue weighted by Crippen LogP contribution is 2.35. The molecule has 0 unspecified atom stereocenters. The molecule has 0 bridgehead atoms. The maximum atomic E-state index is 13.1. The zero-order chi connectivity index (χ0) is 21.0. The monoisotopic (exact) mass is 405 g/mol. The second-order valence-corrected chi connectivity index (χ2v) is 7.29. The van der Waals surface area contributed by atoms with E-state index in [0.29, 0.717) is 18.0 Å². The summed E-state index contributed by atoms with van der Waals surface area (Å²) in [6.07, 6.45) is 2.09. The van der Waals surface area contributed by atoms with Gasteiger partial charge in [0.25, 0.3) is 0 Å². The molecule has 0 radical (unpaired) electrons. The molecule has 4 heteroatoms. The summed E-state index contributed by atoms with van der Waals surface area (Å²) in [5.41, 5.74) is 4.45. The molecule has 0 atom stereocenters. The SMILES string of the molecule is O=C(Oc1ccccc1)c1cccc2c1N(c1ccccc1)C[N+](c1ccccc1)=C2. The predicted molar refractivity (Wildman–Crippen MR) is 123 cm³/mol. The lowest BCUT2D eigenvalue weighted by Crippen LogP contribution is -2.33. The summed E-state index contributed by atoms with van der Waals surface area (Å²) in [7, 11) is 0.